The second kappa shape index (κ2) is 8.63. The first-order chi connectivity index (χ1) is 2.00. The molecule has 0 saturated carbocycles. The Balaban J connectivity index is -0.0000000133. The third-order valence-corrected chi connectivity index (χ3v) is 0. The van der Waals surface area contributed by atoms with Crippen LogP contribution in [0.4, 0.5) is 0 Å². The van der Waals surface area contributed by atoms with Crippen molar-refractivity contribution in [2.24, 2.45) is 0 Å². The molecule has 0 saturated heterocycles. The summed E-state index contributed by atoms with van der Waals surface area (Å²) >= 11 is 0. The Morgan fingerprint density at radius 2 is 1.25 bits per heavy atom. The Bertz CT molecular complexity index is 66.7. The standard InChI is InChI=1S/CH4.Fe.Na.H3O4P.H/c;;;1-5(2,3)4;/h1H4;;;(H3,1,2,3,4);/q;;+1;;-1. The van der Waals surface area contributed by atoms with Crippen LogP contribution in [-0.4, -0.2) is 14.7 Å². The molecule has 0 rings (SSSR count). The van der Waals surface area contributed by atoms with Gasteiger partial charge in [-0.15, -0.1) is 0 Å². The minimum Gasteiger partial charge on any atom is -1.00 e. The summed E-state index contributed by atoms with van der Waals surface area (Å²) in [5, 5.41) is 0. The second-order valence-corrected chi connectivity index (χ2v) is 1.54. The Hall–Kier alpha value is 1.63. The predicted octanol–water partition coefficient (Wildman–Crippen LogP) is -3.18. The molecule has 0 aliphatic carbocycles. The largest absolute Gasteiger partial charge is 1.00 e. The quantitative estimate of drug-likeness (QED) is 0.280. The van der Waals surface area contributed by atoms with Gasteiger partial charge in [-0.2, -0.15) is 0 Å². The van der Waals surface area contributed by atoms with Crippen LogP contribution < -0.4 is 29.6 Å². The zero-order chi connectivity index (χ0) is 4.50. The summed E-state index contributed by atoms with van der Waals surface area (Å²) in [6.45, 7) is 0. The van der Waals surface area contributed by atoms with E-state index in [1.165, 1.54) is 0 Å². The summed E-state index contributed by atoms with van der Waals surface area (Å²) in [4.78, 5) is 21.6. The van der Waals surface area contributed by atoms with Crippen LogP contribution in [0.5, 0.6) is 0 Å². The molecule has 0 spiro atoms. The van der Waals surface area contributed by atoms with E-state index in [0.29, 0.717) is 0 Å². The van der Waals surface area contributed by atoms with Crippen LogP contribution in [0.15, 0.2) is 0 Å². The van der Waals surface area contributed by atoms with Gasteiger partial charge in [-0.3, -0.25) is 0 Å². The minimum absolute atomic E-state index is 0. The third kappa shape index (κ3) is 126. The molecule has 50 valence electrons. The van der Waals surface area contributed by atoms with E-state index in [9.17, 15) is 0 Å². The van der Waals surface area contributed by atoms with Gasteiger partial charge in [0.05, 0.1) is 0 Å². The average molecular weight is 194 g/mol. The molecule has 0 aromatic carbocycles. The molecule has 4 nitrogen and oxygen atoms in total. The Kier molecular flexibility index (Phi) is 24.4. The number of hydrogen-bond donors (Lipinski definition) is 3. The van der Waals surface area contributed by atoms with Gasteiger partial charge in [0.15, 0.2) is 0 Å². The monoisotopic (exact) mass is 194 g/mol. The van der Waals surface area contributed by atoms with Gasteiger partial charge in [0.1, 0.15) is 0 Å². The molecular weight excluding hydrogens is 186 g/mol. The first kappa shape index (κ1) is 22.6. The molecular formula is CH8FeNaO4P. The van der Waals surface area contributed by atoms with Crippen molar-refractivity contribution in [1.82, 2.24) is 0 Å². The SMILES string of the molecule is C.O=P(O)(O)O.[Fe].[H-].[Na+]. The van der Waals surface area contributed by atoms with Gasteiger partial charge < -0.3 is 16.1 Å². The van der Waals surface area contributed by atoms with E-state index in [4.69, 9.17) is 19.2 Å². The molecule has 7 heteroatoms. The molecule has 0 aliphatic rings. The second-order valence-electron chi connectivity index (χ2n) is 0.513. The summed E-state index contributed by atoms with van der Waals surface area (Å²) in [6.07, 6.45) is 0. The molecule has 0 aromatic heterocycles. The fourth-order valence-electron chi connectivity index (χ4n) is 0. The smallest absolute Gasteiger partial charge is 1.00 e. The summed E-state index contributed by atoms with van der Waals surface area (Å²) in [5.41, 5.74) is 0. The van der Waals surface area contributed by atoms with E-state index in [1.807, 2.05) is 0 Å². The van der Waals surface area contributed by atoms with Gasteiger partial charge in [-0.25, -0.2) is 4.57 Å². The molecule has 0 atom stereocenters. The van der Waals surface area contributed by atoms with Crippen molar-refractivity contribution in [1.29, 1.82) is 0 Å². The number of hydrogen-bond acceptors (Lipinski definition) is 1. The summed E-state index contributed by atoms with van der Waals surface area (Å²) in [6, 6.07) is 0. The van der Waals surface area contributed by atoms with Crippen LogP contribution in [0.25, 0.3) is 0 Å². The van der Waals surface area contributed by atoms with Crippen molar-refractivity contribution in [2.75, 3.05) is 0 Å². The summed E-state index contributed by atoms with van der Waals surface area (Å²) in [5.74, 6) is 0. The van der Waals surface area contributed by atoms with Crippen LogP contribution in [0.2, 0.25) is 0 Å². The molecule has 0 unspecified atom stereocenters. The maximum absolute atomic E-state index is 8.88. The predicted molar refractivity (Wildman–Crippen MR) is 22.1 cm³/mol. The van der Waals surface area contributed by atoms with Crippen molar-refractivity contribution >= 4 is 7.82 Å². The first-order valence-corrected chi connectivity index (χ1v) is 2.35. The van der Waals surface area contributed by atoms with Gasteiger partial charge in [-0.05, 0) is 0 Å². The van der Waals surface area contributed by atoms with Gasteiger partial charge in [0.2, 0.25) is 0 Å². The van der Waals surface area contributed by atoms with E-state index in [1.54, 1.807) is 0 Å². The molecule has 0 fully saturated rings. The van der Waals surface area contributed by atoms with Crippen LogP contribution in [-0.2, 0) is 21.6 Å². The zero-order valence-corrected chi connectivity index (χ0v) is 7.55. The fourth-order valence-corrected chi connectivity index (χ4v) is 0. The van der Waals surface area contributed by atoms with Crippen LogP contribution in [0.1, 0.15) is 8.85 Å². The topological polar surface area (TPSA) is 77.8 Å². The van der Waals surface area contributed by atoms with Crippen LogP contribution >= 0.6 is 7.82 Å². The molecule has 0 heterocycles. The van der Waals surface area contributed by atoms with Gasteiger partial charge in [-0.1, -0.05) is 7.43 Å². The van der Waals surface area contributed by atoms with Gasteiger partial charge >= 0.3 is 37.4 Å². The van der Waals surface area contributed by atoms with Gasteiger partial charge in [0.25, 0.3) is 0 Å². The van der Waals surface area contributed by atoms with E-state index < -0.39 is 7.82 Å². The maximum atomic E-state index is 8.88. The number of phosphoric acid groups is 1. The normalized spacial score (nSPS) is 7.38. The Morgan fingerprint density at radius 1 is 1.25 bits per heavy atom. The average Bonchev–Trinajstić information content (AvgIpc) is 0.722. The van der Waals surface area contributed by atoms with Crippen molar-refractivity contribution in [3.8, 4) is 0 Å². The van der Waals surface area contributed by atoms with E-state index >= 15 is 0 Å². The van der Waals surface area contributed by atoms with Crippen LogP contribution in [0.3, 0.4) is 0 Å². The van der Waals surface area contributed by atoms with Crippen molar-refractivity contribution in [3.63, 3.8) is 0 Å². The molecule has 3 N–H and O–H groups in total. The van der Waals surface area contributed by atoms with E-state index in [2.05, 4.69) is 0 Å². The molecule has 8 heavy (non-hydrogen) atoms. The molecule has 0 radical (unpaired) electrons. The zero-order valence-electron chi connectivity index (χ0n) is 4.55. The van der Waals surface area contributed by atoms with E-state index in [0.717, 1.165) is 0 Å². The van der Waals surface area contributed by atoms with Crippen molar-refractivity contribution in [2.45, 2.75) is 7.43 Å². The summed E-state index contributed by atoms with van der Waals surface area (Å²) < 4.78 is 8.88. The molecule has 0 bridgehead atoms. The fraction of sp³-hybridized carbons (Fsp3) is 1.00. The number of rotatable bonds is 0. The molecule has 0 aromatic rings. The third-order valence-electron chi connectivity index (χ3n) is 0. The molecule has 0 aliphatic heterocycles. The van der Waals surface area contributed by atoms with E-state index in [-0.39, 0.29) is 55.5 Å². The minimum atomic E-state index is -4.64. The van der Waals surface area contributed by atoms with Crippen molar-refractivity contribution in [3.05, 3.63) is 0 Å². The Morgan fingerprint density at radius 3 is 1.25 bits per heavy atom. The van der Waals surface area contributed by atoms with Gasteiger partial charge in [0, 0.05) is 17.1 Å². The summed E-state index contributed by atoms with van der Waals surface area (Å²) in [7, 11) is -4.64. The molecule has 0 amide bonds. The first-order valence-electron chi connectivity index (χ1n) is 0.783. The maximum Gasteiger partial charge on any atom is 1.00 e. The Labute approximate surface area is 82.2 Å². The van der Waals surface area contributed by atoms with Crippen LogP contribution in [0, 0.1) is 0 Å². The van der Waals surface area contributed by atoms with Crippen molar-refractivity contribution < 1.29 is 67.3 Å².